The van der Waals surface area contributed by atoms with E-state index < -0.39 is 0 Å². The summed E-state index contributed by atoms with van der Waals surface area (Å²) in [7, 11) is 3.52. The number of nitrogens with zero attached hydrogens (tertiary/aromatic N) is 4. The van der Waals surface area contributed by atoms with Crippen molar-refractivity contribution in [2.24, 2.45) is 14.1 Å². The van der Waals surface area contributed by atoms with Crippen LogP contribution < -0.4 is 11.0 Å². The van der Waals surface area contributed by atoms with E-state index in [0.29, 0.717) is 6.42 Å². The van der Waals surface area contributed by atoms with Gasteiger partial charge in [0.15, 0.2) is 0 Å². The van der Waals surface area contributed by atoms with Crippen LogP contribution in [0.4, 0.5) is 5.69 Å². The van der Waals surface area contributed by atoms with Crippen molar-refractivity contribution in [3.8, 4) is 0 Å². The number of nitrogens with one attached hydrogen (secondary N) is 1. The minimum atomic E-state index is -0.119. The average molecular weight is 365 g/mol. The lowest BCUT2D eigenvalue weighted by atomic mass is 9.84. The summed E-state index contributed by atoms with van der Waals surface area (Å²) in [6, 6.07) is 9.71. The van der Waals surface area contributed by atoms with Crippen molar-refractivity contribution >= 4 is 45.4 Å². The Balaban J connectivity index is 1.78. The highest BCUT2D eigenvalue weighted by atomic mass is 32.1. The SMILES string of the molecule is Cn1c(=O)n(C)c2cc([C@H]3CC(=O)Nc4ccc5nsnc5c43)ccc21. The van der Waals surface area contributed by atoms with E-state index in [9.17, 15) is 9.59 Å². The molecule has 0 unspecified atom stereocenters. The molecular formula is C18H15N5O2S. The first kappa shape index (κ1) is 15.3. The fraction of sp³-hybridized carbons (Fsp3) is 0.222. The van der Waals surface area contributed by atoms with Crippen LogP contribution in [-0.4, -0.2) is 23.8 Å². The highest BCUT2D eigenvalue weighted by Gasteiger charge is 2.30. The van der Waals surface area contributed by atoms with Gasteiger partial charge in [0.25, 0.3) is 0 Å². The summed E-state index contributed by atoms with van der Waals surface area (Å²) in [4.78, 5) is 24.5. The summed E-state index contributed by atoms with van der Waals surface area (Å²) < 4.78 is 12.0. The lowest BCUT2D eigenvalue weighted by Crippen LogP contribution is -2.23. The van der Waals surface area contributed by atoms with Crippen LogP contribution in [0.25, 0.3) is 22.1 Å². The Kier molecular flexibility index (Phi) is 3.08. The van der Waals surface area contributed by atoms with Crippen LogP contribution in [0, 0.1) is 0 Å². The van der Waals surface area contributed by atoms with Gasteiger partial charge in [0.05, 0.1) is 22.8 Å². The molecule has 0 spiro atoms. The lowest BCUT2D eigenvalue weighted by molar-refractivity contribution is -0.116. The molecule has 2 aromatic heterocycles. The smallest absolute Gasteiger partial charge is 0.326 e. The molecule has 1 aliphatic rings. The van der Waals surface area contributed by atoms with E-state index in [0.717, 1.165) is 38.9 Å². The number of hydrogen-bond donors (Lipinski definition) is 1. The Hall–Kier alpha value is -3.00. The number of benzene rings is 2. The molecule has 8 heteroatoms. The number of aryl methyl sites for hydroxylation is 2. The molecular weight excluding hydrogens is 350 g/mol. The van der Waals surface area contributed by atoms with Gasteiger partial charge in [0.1, 0.15) is 11.0 Å². The van der Waals surface area contributed by atoms with Crippen LogP contribution in [0.5, 0.6) is 0 Å². The summed E-state index contributed by atoms with van der Waals surface area (Å²) >= 11 is 1.17. The average Bonchev–Trinajstić information content (AvgIpc) is 3.20. The second kappa shape index (κ2) is 5.25. The Morgan fingerprint density at radius 3 is 2.73 bits per heavy atom. The van der Waals surface area contributed by atoms with Gasteiger partial charge < -0.3 is 5.32 Å². The van der Waals surface area contributed by atoms with Gasteiger partial charge in [0, 0.05) is 37.7 Å². The van der Waals surface area contributed by atoms with E-state index in [1.54, 1.807) is 23.2 Å². The molecule has 1 atom stereocenters. The number of rotatable bonds is 1. The zero-order valence-corrected chi connectivity index (χ0v) is 15.0. The normalized spacial score (nSPS) is 16.8. The third-order valence-electron chi connectivity index (χ3n) is 5.18. The van der Waals surface area contributed by atoms with E-state index >= 15 is 0 Å². The first-order valence-electron chi connectivity index (χ1n) is 8.25. The molecule has 1 N–H and O–H groups in total. The molecule has 5 rings (SSSR count). The standard InChI is InChI=1S/C18H15N5O2S/c1-22-13-6-3-9(7-14(13)23(2)18(22)25)10-8-15(24)19-11-4-5-12-17(16(10)11)21-26-20-12/h3-7,10H,8H2,1-2H3,(H,19,24)/t10-/m1/s1. The first-order chi connectivity index (χ1) is 12.5. The van der Waals surface area contributed by atoms with Crippen molar-refractivity contribution in [3.63, 3.8) is 0 Å². The summed E-state index contributed by atoms with van der Waals surface area (Å²) in [5.74, 6) is -0.141. The minimum Gasteiger partial charge on any atom is -0.326 e. The van der Waals surface area contributed by atoms with Crippen LogP contribution in [-0.2, 0) is 18.9 Å². The van der Waals surface area contributed by atoms with E-state index in [1.807, 2.05) is 30.3 Å². The van der Waals surface area contributed by atoms with Crippen LogP contribution in [0.1, 0.15) is 23.5 Å². The maximum Gasteiger partial charge on any atom is 0.328 e. The molecule has 1 amide bonds. The molecule has 0 fully saturated rings. The van der Waals surface area contributed by atoms with Gasteiger partial charge in [-0.3, -0.25) is 13.9 Å². The molecule has 0 bridgehead atoms. The third-order valence-corrected chi connectivity index (χ3v) is 5.72. The van der Waals surface area contributed by atoms with Crippen LogP contribution in [0.15, 0.2) is 35.1 Å². The van der Waals surface area contributed by atoms with Crippen LogP contribution >= 0.6 is 11.7 Å². The predicted octanol–water partition coefficient (Wildman–Crippen LogP) is 2.36. The maximum atomic E-state index is 12.3. The summed E-state index contributed by atoms with van der Waals surface area (Å²) in [6.45, 7) is 0. The highest BCUT2D eigenvalue weighted by molar-refractivity contribution is 7.00. The van der Waals surface area contributed by atoms with Crippen LogP contribution in [0.2, 0.25) is 0 Å². The number of hydrogen-bond acceptors (Lipinski definition) is 5. The lowest BCUT2D eigenvalue weighted by Gasteiger charge is -2.26. The zero-order chi connectivity index (χ0) is 18.0. The molecule has 1 aliphatic heterocycles. The van der Waals surface area contributed by atoms with Crippen molar-refractivity contribution in [2.45, 2.75) is 12.3 Å². The second-order valence-corrected chi connectivity index (χ2v) is 7.14. The Labute approximate surface area is 152 Å². The van der Waals surface area contributed by atoms with E-state index in [4.69, 9.17) is 0 Å². The molecule has 0 saturated carbocycles. The Bertz CT molecular complexity index is 1270. The van der Waals surface area contributed by atoms with Crippen molar-refractivity contribution < 1.29 is 4.79 Å². The monoisotopic (exact) mass is 365 g/mol. The summed E-state index contributed by atoms with van der Waals surface area (Å²) in [5.41, 5.74) is 6.11. The molecule has 4 aromatic rings. The predicted molar refractivity (Wildman–Crippen MR) is 101 cm³/mol. The largest absolute Gasteiger partial charge is 0.328 e. The van der Waals surface area contributed by atoms with Crippen molar-refractivity contribution in [2.75, 3.05) is 5.32 Å². The quantitative estimate of drug-likeness (QED) is 0.561. The molecule has 0 saturated heterocycles. The molecule has 130 valence electrons. The zero-order valence-electron chi connectivity index (χ0n) is 14.2. The topological polar surface area (TPSA) is 81.8 Å². The summed E-state index contributed by atoms with van der Waals surface area (Å²) in [6.07, 6.45) is 0.343. The van der Waals surface area contributed by atoms with Gasteiger partial charge in [0.2, 0.25) is 5.91 Å². The number of fused-ring (bicyclic) bond motifs is 4. The Morgan fingerprint density at radius 1 is 1.08 bits per heavy atom. The molecule has 7 nitrogen and oxygen atoms in total. The van der Waals surface area contributed by atoms with Crippen molar-refractivity contribution in [1.29, 1.82) is 0 Å². The van der Waals surface area contributed by atoms with Gasteiger partial charge in [-0.2, -0.15) is 8.75 Å². The van der Waals surface area contributed by atoms with E-state index in [2.05, 4.69) is 14.1 Å². The molecule has 0 aliphatic carbocycles. The molecule has 0 radical (unpaired) electrons. The van der Waals surface area contributed by atoms with Gasteiger partial charge in [-0.25, -0.2) is 4.79 Å². The number of carbonyl (C=O) groups excluding carboxylic acids is 1. The van der Waals surface area contributed by atoms with Gasteiger partial charge in [-0.15, -0.1) is 0 Å². The van der Waals surface area contributed by atoms with Crippen molar-refractivity contribution in [3.05, 3.63) is 51.9 Å². The number of anilines is 1. The fourth-order valence-corrected chi connectivity index (χ4v) is 4.40. The van der Waals surface area contributed by atoms with Gasteiger partial charge in [-0.1, -0.05) is 6.07 Å². The molecule has 2 aromatic carbocycles. The van der Waals surface area contributed by atoms with Gasteiger partial charge in [-0.05, 0) is 29.8 Å². The fourth-order valence-electron chi connectivity index (χ4n) is 3.85. The number of aromatic nitrogens is 4. The van der Waals surface area contributed by atoms with E-state index in [-0.39, 0.29) is 17.5 Å². The number of imidazole rings is 1. The Morgan fingerprint density at radius 2 is 1.88 bits per heavy atom. The maximum absolute atomic E-state index is 12.3. The minimum absolute atomic E-state index is 0.0212. The highest BCUT2D eigenvalue weighted by Crippen LogP contribution is 2.41. The number of amides is 1. The van der Waals surface area contributed by atoms with Crippen LogP contribution in [0.3, 0.4) is 0 Å². The van der Waals surface area contributed by atoms with Crippen molar-refractivity contribution in [1.82, 2.24) is 17.9 Å². The first-order valence-corrected chi connectivity index (χ1v) is 8.98. The molecule has 26 heavy (non-hydrogen) atoms. The summed E-state index contributed by atoms with van der Waals surface area (Å²) in [5, 5.41) is 2.94. The molecule has 3 heterocycles. The van der Waals surface area contributed by atoms with E-state index in [1.165, 1.54) is 11.7 Å². The van der Waals surface area contributed by atoms with Gasteiger partial charge >= 0.3 is 5.69 Å². The number of carbonyl (C=O) groups is 1. The second-order valence-electron chi connectivity index (χ2n) is 6.61. The third kappa shape index (κ3) is 1.99.